The van der Waals surface area contributed by atoms with E-state index in [1.807, 2.05) is 0 Å². The number of benzene rings is 1. The fourth-order valence-electron chi connectivity index (χ4n) is 2.41. The van der Waals surface area contributed by atoms with Crippen molar-refractivity contribution in [1.82, 2.24) is 0 Å². The number of nitrogens with one attached hydrogen (secondary N) is 1. The number of carbonyl (C=O) groups excluding carboxylic acids is 1. The minimum Gasteiger partial charge on any atom is -0.423 e. The van der Waals surface area contributed by atoms with Gasteiger partial charge in [-0.25, -0.2) is 0 Å². The monoisotopic (exact) mass is 305 g/mol. The first-order chi connectivity index (χ1) is 9.90. The van der Waals surface area contributed by atoms with E-state index in [2.05, 4.69) is 46.9 Å². The lowest BCUT2D eigenvalue weighted by Gasteiger charge is -2.34. The second-order valence-electron chi connectivity index (χ2n) is 8.17. The summed E-state index contributed by atoms with van der Waals surface area (Å²) in [5.41, 5.74) is 0.851. The molecular formula is C17H28BNO3. The van der Waals surface area contributed by atoms with Crippen LogP contribution in [0.1, 0.15) is 48.0 Å². The van der Waals surface area contributed by atoms with Gasteiger partial charge < -0.3 is 15.4 Å². The summed E-state index contributed by atoms with van der Waals surface area (Å²) in [5.74, 6) is -0.165. The Kier molecular flexibility index (Phi) is 5.82. The molecule has 1 aromatic rings. The molecule has 0 aliphatic carbocycles. The summed E-state index contributed by atoms with van der Waals surface area (Å²) in [6.07, 6.45) is 0.782. The van der Waals surface area contributed by atoms with Crippen LogP contribution in [0.3, 0.4) is 0 Å². The van der Waals surface area contributed by atoms with Gasteiger partial charge in [-0.1, -0.05) is 53.7 Å². The highest BCUT2D eigenvalue weighted by Crippen LogP contribution is 2.36. The zero-order chi connectivity index (χ0) is 17.1. The van der Waals surface area contributed by atoms with Crippen LogP contribution < -0.4 is 10.8 Å². The van der Waals surface area contributed by atoms with Crippen molar-refractivity contribution in [2.45, 2.75) is 48.0 Å². The van der Waals surface area contributed by atoms with E-state index >= 15 is 0 Å². The van der Waals surface area contributed by atoms with Gasteiger partial charge in [0, 0.05) is 11.6 Å². The molecule has 1 aromatic carbocycles. The molecule has 122 valence electrons. The minimum atomic E-state index is -1.54. The summed E-state index contributed by atoms with van der Waals surface area (Å²) in [6, 6.07) is 6.64. The minimum absolute atomic E-state index is 0.0352. The van der Waals surface area contributed by atoms with Gasteiger partial charge >= 0.3 is 7.12 Å². The van der Waals surface area contributed by atoms with Gasteiger partial charge in [-0.05, 0) is 34.8 Å². The third-order valence-electron chi connectivity index (χ3n) is 3.63. The molecule has 0 spiro atoms. The standard InChI is InChI=1S/C17H28BNO3/c1-16(2,3)11-14(17(4,5)6)15(20)19-13-9-7-8-12(10-13)18(21)22/h7-10,14,21-22H,11H2,1-6H3,(H,19,20). The summed E-state index contributed by atoms with van der Waals surface area (Å²) in [5, 5.41) is 21.3. The van der Waals surface area contributed by atoms with Crippen molar-refractivity contribution in [1.29, 1.82) is 0 Å². The van der Waals surface area contributed by atoms with Gasteiger partial charge in [-0.3, -0.25) is 4.79 Å². The van der Waals surface area contributed by atoms with Gasteiger partial charge in [-0.15, -0.1) is 0 Å². The lowest BCUT2D eigenvalue weighted by atomic mass is 9.71. The summed E-state index contributed by atoms with van der Waals surface area (Å²) in [4.78, 5) is 12.7. The van der Waals surface area contributed by atoms with Crippen molar-refractivity contribution in [2.75, 3.05) is 5.32 Å². The molecule has 0 aromatic heterocycles. The van der Waals surface area contributed by atoms with E-state index in [1.54, 1.807) is 24.3 Å². The Balaban J connectivity index is 2.94. The first-order valence-electron chi connectivity index (χ1n) is 7.67. The Morgan fingerprint density at radius 1 is 1.18 bits per heavy atom. The molecule has 5 heteroatoms. The zero-order valence-electron chi connectivity index (χ0n) is 14.5. The highest BCUT2D eigenvalue weighted by molar-refractivity contribution is 6.58. The van der Waals surface area contributed by atoms with Crippen LogP contribution in [0.15, 0.2) is 24.3 Å². The van der Waals surface area contributed by atoms with E-state index < -0.39 is 7.12 Å². The molecule has 0 bridgehead atoms. The molecule has 0 radical (unpaired) electrons. The highest BCUT2D eigenvalue weighted by Gasteiger charge is 2.34. The average Bonchev–Trinajstić information content (AvgIpc) is 2.33. The van der Waals surface area contributed by atoms with E-state index in [9.17, 15) is 14.8 Å². The van der Waals surface area contributed by atoms with Crippen molar-refractivity contribution in [2.24, 2.45) is 16.7 Å². The van der Waals surface area contributed by atoms with Crippen LogP contribution in [0, 0.1) is 16.7 Å². The first kappa shape index (κ1) is 18.7. The number of carbonyl (C=O) groups is 1. The van der Waals surface area contributed by atoms with Crippen molar-refractivity contribution < 1.29 is 14.8 Å². The van der Waals surface area contributed by atoms with E-state index in [0.29, 0.717) is 11.2 Å². The molecule has 0 saturated heterocycles. The zero-order valence-corrected chi connectivity index (χ0v) is 14.5. The molecule has 0 heterocycles. The van der Waals surface area contributed by atoms with Gasteiger partial charge in [-0.2, -0.15) is 0 Å². The maximum atomic E-state index is 12.7. The van der Waals surface area contributed by atoms with Crippen LogP contribution in [0.5, 0.6) is 0 Å². The molecular weight excluding hydrogens is 277 g/mol. The number of amides is 1. The largest absolute Gasteiger partial charge is 0.488 e. The molecule has 0 saturated carbocycles. The first-order valence-corrected chi connectivity index (χ1v) is 7.67. The number of anilines is 1. The van der Waals surface area contributed by atoms with Gasteiger partial charge in [0.15, 0.2) is 0 Å². The molecule has 1 amide bonds. The number of rotatable bonds is 4. The van der Waals surface area contributed by atoms with Crippen molar-refractivity contribution in [3.05, 3.63) is 24.3 Å². The van der Waals surface area contributed by atoms with Crippen LogP contribution >= 0.6 is 0 Å². The van der Waals surface area contributed by atoms with Gasteiger partial charge in [0.1, 0.15) is 0 Å². The summed E-state index contributed by atoms with van der Waals surface area (Å²) >= 11 is 0. The van der Waals surface area contributed by atoms with E-state index in [-0.39, 0.29) is 22.7 Å². The molecule has 0 aliphatic rings. The third-order valence-corrected chi connectivity index (χ3v) is 3.63. The maximum absolute atomic E-state index is 12.7. The van der Waals surface area contributed by atoms with Crippen LogP contribution in [0.4, 0.5) is 5.69 Å². The SMILES string of the molecule is CC(C)(C)CC(C(=O)Nc1cccc(B(O)O)c1)C(C)(C)C. The van der Waals surface area contributed by atoms with Crippen molar-refractivity contribution in [3.63, 3.8) is 0 Å². The molecule has 0 fully saturated rings. The Hall–Kier alpha value is -1.33. The molecule has 1 atom stereocenters. The summed E-state index contributed by atoms with van der Waals surface area (Å²) in [7, 11) is -1.54. The molecule has 1 unspecified atom stereocenters. The van der Waals surface area contributed by atoms with Gasteiger partial charge in [0.2, 0.25) is 5.91 Å². The molecule has 22 heavy (non-hydrogen) atoms. The van der Waals surface area contributed by atoms with Crippen LogP contribution in [-0.2, 0) is 4.79 Å². The molecule has 3 N–H and O–H groups in total. The fourth-order valence-corrected chi connectivity index (χ4v) is 2.41. The fraction of sp³-hybridized carbons (Fsp3) is 0.588. The lowest BCUT2D eigenvalue weighted by Crippen LogP contribution is -2.36. The van der Waals surface area contributed by atoms with E-state index in [4.69, 9.17) is 0 Å². The number of hydrogen-bond donors (Lipinski definition) is 3. The third kappa shape index (κ3) is 5.81. The molecule has 0 aliphatic heterocycles. The average molecular weight is 305 g/mol. The Labute approximate surface area is 134 Å². The normalized spacial score (nSPS) is 13.6. The van der Waals surface area contributed by atoms with Gasteiger partial charge in [0.05, 0.1) is 0 Å². The van der Waals surface area contributed by atoms with Crippen molar-refractivity contribution >= 4 is 24.2 Å². The lowest BCUT2D eigenvalue weighted by molar-refractivity contribution is -0.124. The Morgan fingerprint density at radius 2 is 1.77 bits per heavy atom. The molecule has 1 rings (SSSR count). The van der Waals surface area contributed by atoms with E-state index in [1.165, 1.54) is 0 Å². The second-order valence-corrected chi connectivity index (χ2v) is 8.17. The predicted molar refractivity (Wildman–Crippen MR) is 91.9 cm³/mol. The van der Waals surface area contributed by atoms with Crippen LogP contribution in [0.2, 0.25) is 0 Å². The second kappa shape index (κ2) is 6.84. The Morgan fingerprint density at radius 3 is 2.23 bits per heavy atom. The quantitative estimate of drug-likeness (QED) is 0.748. The predicted octanol–water partition coefficient (Wildman–Crippen LogP) is 2.40. The van der Waals surface area contributed by atoms with Crippen LogP contribution in [0.25, 0.3) is 0 Å². The van der Waals surface area contributed by atoms with Crippen molar-refractivity contribution in [3.8, 4) is 0 Å². The van der Waals surface area contributed by atoms with Gasteiger partial charge in [0.25, 0.3) is 0 Å². The smallest absolute Gasteiger partial charge is 0.423 e. The summed E-state index contributed by atoms with van der Waals surface area (Å²) in [6.45, 7) is 12.6. The van der Waals surface area contributed by atoms with E-state index in [0.717, 1.165) is 6.42 Å². The molecule has 4 nitrogen and oxygen atoms in total. The van der Waals surface area contributed by atoms with Crippen LogP contribution in [-0.4, -0.2) is 23.1 Å². The summed E-state index contributed by atoms with van der Waals surface area (Å²) < 4.78 is 0. The maximum Gasteiger partial charge on any atom is 0.488 e. The highest BCUT2D eigenvalue weighted by atomic mass is 16.4. The Bertz CT molecular complexity index is 515. The topological polar surface area (TPSA) is 69.6 Å². The number of hydrogen-bond acceptors (Lipinski definition) is 3.